The van der Waals surface area contributed by atoms with Crippen LogP contribution in [0.25, 0.3) is 0 Å². The maximum Gasteiger partial charge on any atom is 0.221 e. The van der Waals surface area contributed by atoms with Crippen molar-refractivity contribution in [1.29, 1.82) is 0 Å². The molecule has 0 fully saturated rings. The lowest BCUT2D eigenvalue weighted by Gasteiger charge is -2.11. The number of rotatable bonds is 7. The van der Waals surface area contributed by atoms with E-state index < -0.39 is 0 Å². The van der Waals surface area contributed by atoms with Crippen LogP contribution in [-0.4, -0.2) is 18.5 Å². The Kier molecular flexibility index (Phi) is 6.96. The SMILES string of the molecule is CCC(C)NC(=O)CCNCc1cc(Br)c(Br)o1. The molecule has 1 rings (SSSR count). The number of halogens is 2. The fourth-order valence-corrected chi connectivity index (χ4v) is 2.00. The minimum Gasteiger partial charge on any atom is -0.452 e. The van der Waals surface area contributed by atoms with E-state index >= 15 is 0 Å². The van der Waals surface area contributed by atoms with Crippen molar-refractivity contribution in [2.24, 2.45) is 0 Å². The molecule has 1 aromatic rings. The average molecular weight is 382 g/mol. The van der Waals surface area contributed by atoms with Crippen molar-refractivity contribution >= 4 is 37.8 Å². The van der Waals surface area contributed by atoms with Gasteiger partial charge in [-0.15, -0.1) is 0 Å². The Morgan fingerprint density at radius 3 is 2.78 bits per heavy atom. The van der Waals surface area contributed by atoms with Crippen LogP contribution < -0.4 is 10.6 Å². The summed E-state index contributed by atoms with van der Waals surface area (Å²) < 4.78 is 7.00. The smallest absolute Gasteiger partial charge is 0.221 e. The molecule has 0 aliphatic heterocycles. The molecular weight excluding hydrogens is 364 g/mol. The number of nitrogens with one attached hydrogen (secondary N) is 2. The standard InChI is InChI=1S/C12H18Br2N2O2/c1-3-8(2)16-11(17)4-5-15-7-9-6-10(13)12(14)18-9/h6,8,15H,3-5,7H2,1-2H3,(H,16,17). The molecule has 0 spiro atoms. The van der Waals surface area contributed by atoms with E-state index in [-0.39, 0.29) is 11.9 Å². The highest BCUT2D eigenvalue weighted by Gasteiger charge is 2.07. The van der Waals surface area contributed by atoms with Crippen LogP contribution in [0.3, 0.4) is 0 Å². The van der Waals surface area contributed by atoms with Gasteiger partial charge in [-0.1, -0.05) is 6.92 Å². The van der Waals surface area contributed by atoms with Crippen molar-refractivity contribution in [3.8, 4) is 0 Å². The summed E-state index contributed by atoms with van der Waals surface area (Å²) in [5, 5.41) is 6.09. The Balaban J connectivity index is 2.17. The van der Waals surface area contributed by atoms with Gasteiger partial charge in [0.1, 0.15) is 5.76 Å². The topological polar surface area (TPSA) is 54.3 Å². The number of carbonyl (C=O) groups excluding carboxylic acids is 1. The molecule has 0 aliphatic carbocycles. The zero-order valence-electron chi connectivity index (χ0n) is 10.6. The minimum absolute atomic E-state index is 0.0821. The van der Waals surface area contributed by atoms with E-state index in [0.29, 0.717) is 24.2 Å². The fourth-order valence-electron chi connectivity index (χ4n) is 1.34. The van der Waals surface area contributed by atoms with E-state index in [1.54, 1.807) is 0 Å². The maximum absolute atomic E-state index is 11.5. The first-order valence-electron chi connectivity index (χ1n) is 5.96. The van der Waals surface area contributed by atoms with E-state index in [9.17, 15) is 4.79 Å². The van der Waals surface area contributed by atoms with Gasteiger partial charge in [-0.2, -0.15) is 0 Å². The third-order valence-corrected chi connectivity index (χ3v) is 4.25. The highest BCUT2D eigenvalue weighted by Crippen LogP contribution is 2.26. The molecule has 1 aromatic heterocycles. The molecule has 18 heavy (non-hydrogen) atoms. The average Bonchev–Trinajstić information content (AvgIpc) is 2.64. The molecule has 4 nitrogen and oxygen atoms in total. The number of carbonyl (C=O) groups is 1. The van der Waals surface area contributed by atoms with Crippen LogP contribution in [-0.2, 0) is 11.3 Å². The molecule has 2 N–H and O–H groups in total. The molecule has 0 radical (unpaired) electrons. The van der Waals surface area contributed by atoms with E-state index in [0.717, 1.165) is 16.7 Å². The molecule has 0 aliphatic rings. The van der Waals surface area contributed by atoms with Crippen molar-refractivity contribution < 1.29 is 9.21 Å². The maximum atomic E-state index is 11.5. The second-order valence-corrected chi connectivity index (χ2v) is 5.71. The minimum atomic E-state index is 0.0821. The van der Waals surface area contributed by atoms with Gasteiger partial charge >= 0.3 is 0 Å². The van der Waals surface area contributed by atoms with Crippen molar-refractivity contribution in [3.05, 3.63) is 21.0 Å². The summed E-state index contributed by atoms with van der Waals surface area (Å²) in [4.78, 5) is 11.5. The highest BCUT2D eigenvalue weighted by atomic mass is 79.9. The van der Waals surface area contributed by atoms with Crippen LogP contribution in [0.2, 0.25) is 0 Å². The number of amides is 1. The van der Waals surface area contributed by atoms with Gasteiger partial charge in [-0.05, 0) is 51.3 Å². The van der Waals surface area contributed by atoms with E-state index in [2.05, 4.69) is 49.4 Å². The lowest BCUT2D eigenvalue weighted by atomic mass is 10.2. The van der Waals surface area contributed by atoms with E-state index in [4.69, 9.17) is 4.42 Å². The summed E-state index contributed by atoms with van der Waals surface area (Å²) >= 11 is 6.63. The Bertz CT molecular complexity index is 374. The molecule has 1 amide bonds. The van der Waals surface area contributed by atoms with Gasteiger partial charge < -0.3 is 15.1 Å². The van der Waals surface area contributed by atoms with Gasteiger partial charge in [-0.3, -0.25) is 4.79 Å². The van der Waals surface area contributed by atoms with Crippen LogP contribution in [0.1, 0.15) is 32.4 Å². The van der Waals surface area contributed by atoms with Crippen molar-refractivity contribution in [1.82, 2.24) is 10.6 Å². The van der Waals surface area contributed by atoms with Crippen molar-refractivity contribution in [3.63, 3.8) is 0 Å². The van der Waals surface area contributed by atoms with Crippen LogP contribution >= 0.6 is 31.9 Å². The lowest BCUT2D eigenvalue weighted by molar-refractivity contribution is -0.121. The predicted octanol–water partition coefficient (Wildman–Crippen LogP) is 3.20. The quantitative estimate of drug-likeness (QED) is 0.713. The summed E-state index contributed by atoms with van der Waals surface area (Å²) in [6, 6.07) is 2.14. The summed E-state index contributed by atoms with van der Waals surface area (Å²) in [6.07, 6.45) is 1.43. The van der Waals surface area contributed by atoms with Crippen LogP contribution in [0.15, 0.2) is 19.6 Å². The third-order valence-electron chi connectivity index (χ3n) is 2.54. The molecule has 6 heteroatoms. The molecule has 0 saturated heterocycles. The van der Waals surface area contributed by atoms with Gasteiger partial charge in [0.2, 0.25) is 5.91 Å². The Morgan fingerprint density at radius 2 is 2.22 bits per heavy atom. The molecule has 1 unspecified atom stereocenters. The van der Waals surface area contributed by atoms with E-state index in [1.165, 1.54) is 0 Å². The Morgan fingerprint density at radius 1 is 1.50 bits per heavy atom. The molecule has 0 aromatic carbocycles. The van der Waals surface area contributed by atoms with Gasteiger partial charge in [0.15, 0.2) is 4.67 Å². The second-order valence-electron chi connectivity index (χ2n) is 4.14. The zero-order valence-corrected chi connectivity index (χ0v) is 13.7. The number of hydrogen-bond donors (Lipinski definition) is 2. The largest absolute Gasteiger partial charge is 0.452 e. The van der Waals surface area contributed by atoms with Crippen molar-refractivity contribution in [2.45, 2.75) is 39.3 Å². The molecule has 0 saturated carbocycles. The third kappa shape index (κ3) is 5.54. The predicted molar refractivity (Wildman–Crippen MR) is 78.3 cm³/mol. The van der Waals surface area contributed by atoms with Gasteiger partial charge in [0.05, 0.1) is 11.0 Å². The van der Waals surface area contributed by atoms with Crippen molar-refractivity contribution in [2.75, 3.05) is 6.54 Å². The van der Waals surface area contributed by atoms with Gasteiger partial charge in [0.25, 0.3) is 0 Å². The van der Waals surface area contributed by atoms with E-state index in [1.807, 2.05) is 13.0 Å². The molecule has 1 heterocycles. The van der Waals surface area contributed by atoms with Gasteiger partial charge in [0, 0.05) is 19.0 Å². The summed E-state index contributed by atoms with van der Waals surface area (Å²) in [6.45, 7) is 5.30. The number of hydrogen-bond acceptors (Lipinski definition) is 3. The highest BCUT2D eigenvalue weighted by molar-refractivity contribution is 9.13. The fraction of sp³-hybridized carbons (Fsp3) is 0.583. The first kappa shape index (κ1) is 15.7. The zero-order chi connectivity index (χ0) is 13.5. The van der Waals surface area contributed by atoms with Crippen LogP contribution in [0, 0.1) is 0 Å². The summed E-state index contributed by atoms with van der Waals surface area (Å²) in [5.41, 5.74) is 0. The lowest BCUT2D eigenvalue weighted by Crippen LogP contribution is -2.33. The van der Waals surface area contributed by atoms with Crippen LogP contribution in [0.4, 0.5) is 0 Å². The molecule has 0 bridgehead atoms. The monoisotopic (exact) mass is 380 g/mol. The number of furan rings is 1. The first-order valence-corrected chi connectivity index (χ1v) is 7.55. The van der Waals surface area contributed by atoms with Crippen LogP contribution in [0.5, 0.6) is 0 Å². The molecule has 102 valence electrons. The summed E-state index contributed by atoms with van der Waals surface area (Å²) in [7, 11) is 0. The Labute approximate surface area is 124 Å². The molecule has 1 atom stereocenters. The normalized spacial score (nSPS) is 12.4. The van der Waals surface area contributed by atoms with Gasteiger partial charge in [-0.25, -0.2) is 0 Å². The second kappa shape index (κ2) is 7.96. The first-order chi connectivity index (χ1) is 8.52. The Hall–Kier alpha value is -0.330. The summed E-state index contributed by atoms with van der Waals surface area (Å²) in [5.74, 6) is 0.912. The molecular formula is C12H18Br2N2O2.